The van der Waals surface area contributed by atoms with Crippen molar-refractivity contribution in [3.63, 3.8) is 0 Å². The fraction of sp³-hybridized carbons (Fsp3) is 1.00. The minimum atomic E-state index is -0.405. The van der Waals surface area contributed by atoms with E-state index in [1.54, 1.807) is 0 Å². The van der Waals surface area contributed by atoms with Crippen LogP contribution in [0.2, 0.25) is 0 Å². The number of aliphatic hydroxyl groups is 2. The van der Waals surface area contributed by atoms with Gasteiger partial charge in [0, 0.05) is 0 Å². The Balaban J connectivity index is 2.83. The van der Waals surface area contributed by atoms with E-state index in [0.717, 1.165) is 0 Å². The van der Waals surface area contributed by atoms with Crippen molar-refractivity contribution in [2.75, 3.05) is 13.2 Å². The van der Waals surface area contributed by atoms with Gasteiger partial charge < -0.3 is 15.9 Å². The SMILES string of the molecule is [2H]OCC(N)CO. The summed E-state index contributed by atoms with van der Waals surface area (Å²) >= 11 is 0. The van der Waals surface area contributed by atoms with Gasteiger partial charge in [-0.15, -0.1) is 0 Å². The molecule has 0 saturated heterocycles. The molecule has 0 rings (SSSR count). The third-order valence-electron chi connectivity index (χ3n) is 0.449. The van der Waals surface area contributed by atoms with Gasteiger partial charge in [-0.05, 0) is 0 Å². The van der Waals surface area contributed by atoms with Crippen molar-refractivity contribution in [3.05, 3.63) is 0 Å². The third-order valence-corrected chi connectivity index (χ3v) is 0.449. The maximum Gasteiger partial charge on any atom is 0.210 e. The quantitative estimate of drug-likeness (QED) is 0.388. The fourth-order valence-electron chi connectivity index (χ4n) is 0.0527. The van der Waals surface area contributed by atoms with Crippen LogP contribution in [-0.2, 0) is 0 Å². The largest absolute Gasteiger partial charge is 0.395 e. The maximum atomic E-state index is 8.18. The van der Waals surface area contributed by atoms with Crippen molar-refractivity contribution >= 4 is 0 Å². The molecule has 0 saturated carbocycles. The molecule has 0 bridgehead atoms. The third kappa shape index (κ3) is 2.14. The lowest BCUT2D eigenvalue weighted by atomic mass is 10.4. The lowest BCUT2D eigenvalue weighted by molar-refractivity contribution is 0.194. The Morgan fingerprint density at radius 2 is 2.50 bits per heavy atom. The molecular weight excluding hydrogens is 82.0 g/mol. The van der Waals surface area contributed by atoms with Gasteiger partial charge >= 0.3 is 0 Å². The zero-order chi connectivity index (χ0) is 5.70. The number of rotatable bonds is 3. The van der Waals surface area contributed by atoms with Crippen LogP contribution in [0.15, 0.2) is 0 Å². The standard InChI is InChI=1S/C3H9NO2/c4-3(1-5)2-6/h3,5-6H,1-2,4H2/i5D. The van der Waals surface area contributed by atoms with Gasteiger partial charge in [-0.3, -0.25) is 0 Å². The van der Waals surface area contributed by atoms with E-state index in [2.05, 4.69) is 5.11 Å². The summed E-state index contributed by atoms with van der Waals surface area (Å²) in [5.41, 5.74) is 5.09. The normalized spacial score (nSPS) is 16.7. The van der Waals surface area contributed by atoms with E-state index < -0.39 is 6.04 Å². The van der Waals surface area contributed by atoms with Crippen molar-refractivity contribution in [2.45, 2.75) is 6.04 Å². The van der Waals surface area contributed by atoms with Gasteiger partial charge in [-0.2, -0.15) is 0 Å². The Bertz CT molecular complexity index is 43.9. The second kappa shape index (κ2) is 3.08. The molecule has 6 heavy (non-hydrogen) atoms. The molecular formula is C3H9NO2. The summed E-state index contributed by atoms with van der Waals surface area (Å²) in [6.45, 7) is -0.0324. The summed E-state index contributed by atoms with van der Waals surface area (Å²) < 4.78 is 6.15. The van der Waals surface area contributed by atoms with Gasteiger partial charge in [0.1, 0.15) is 0 Å². The predicted molar refractivity (Wildman–Crippen MR) is 22.1 cm³/mol. The zero-order valence-electron chi connectivity index (χ0n) is 4.42. The minimum absolute atomic E-state index is 0.0938. The molecule has 38 valence electrons. The summed E-state index contributed by atoms with van der Waals surface area (Å²) in [6, 6.07) is -0.405. The number of aliphatic hydroxyl groups excluding tert-OH is 2. The van der Waals surface area contributed by atoms with Gasteiger partial charge in [0.15, 0.2) is 0 Å². The smallest absolute Gasteiger partial charge is 0.210 e. The fourth-order valence-corrected chi connectivity index (χ4v) is 0.0527. The van der Waals surface area contributed by atoms with Gasteiger partial charge in [0.25, 0.3) is 0 Å². The van der Waals surface area contributed by atoms with Gasteiger partial charge in [-0.1, -0.05) is 0 Å². The van der Waals surface area contributed by atoms with E-state index in [1.807, 2.05) is 0 Å². The topological polar surface area (TPSA) is 66.5 Å². The van der Waals surface area contributed by atoms with Gasteiger partial charge in [0.05, 0.1) is 19.3 Å². The summed E-state index contributed by atoms with van der Waals surface area (Å²) in [7, 11) is 0. The molecule has 1 unspecified atom stereocenters. The average molecular weight is 92.1 g/mol. The van der Waals surface area contributed by atoms with Crippen LogP contribution in [0.3, 0.4) is 0 Å². The van der Waals surface area contributed by atoms with Gasteiger partial charge in [-0.25, -0.2) is 0 Å². The van der Waals surface area contributed by atoms with E-state index in [0.29, 0.717) is 0 Å². The minimum Gasteiger partial charge on any atom is -0.395 e. The number of hydrogen-bond donors (Lipinski definition) is 3. The van der Waals surface area contributed by atoms with Crippen LogP contribution in [0.1, 0.15) is 0 Å². The Morgan fingerprint density at radius 1 is 1.83 bits per heavy atom. The Hall–Kier alpha value is -0.120. The van der Waals surface area contributed by atoms with E-state index in [-0.39, 0.29) is 13.2 Å². The van der Waals surface area contributed by atoms with Crippen molar-refractivity contribution in [3.8, 4) is 0 Å². The summed E-state index contributed by atoms with van der Waals surface area (Å²) in [5.74, 6) is 0. The molecule has 0 radical (unpaired) electrons. The first kappa shape index (κ1) is 4.05. The molecule has 3 nitrogen and oxygen atoms in total. The first-order valence-electron chi connectivity index (χ1n) is 2.16. The number of hydrogen-bond acceptors (Lipinski definition) is 3. The van der Waals surface area contributed by atoms with E-state index in [4.69, 9.17) is 12.3 Å². The van der Waals surface area contributed by atoms with Crippen LogP contribution in [-0.4, -0.2) is 30.9 Å². The molecule has 1 atom stereocenters. The summed E-state index contributed by atoms with van der Waals surface area (Å²) in [4.78, 5) is 0. The molecule has 0 aliphatic rings. The summed E-state index contributed by atoms with van der Waals surface area (Å²) in [6.07, 6.45) is 0. The van der Waals surface area contributed by atoms with Crippen molar-refractivity contribution < 1.29 is 10.2 Å². The van der Waals surface area contributed by atoms with E-state index >= 15 is 0 Å². The van der Waals surface area contributed by atoms with E-state index in [1.165, 1.54) is 0 Å². The predicted octanol–water partition coefficient (Wildman–Crippen LogP) is -1.70. The molecule has 4 N–H and O–H groups in total. The highest BCUT2D eigenvalue weighted by molar-refractivity contribution is 4.52. The van der Waals surface area contributed by atoms with Crippen molar-refractivity contribution in [2.24, 2.45) is 5.73 Å². The molecule has 0 aliphatic carbocycles. The molecule has 0 heterocycles. The maximum absolute atomic E-state index is 8.18. The highest BCUT2D eigenvalue weighted by Crippen LogP contribution is 1.66. The molecule has 0 aliphatic heterocycles. The first-order valence-corrected chi connectivity index (χ1v) is 1.75. The second-order valence-corrected chi connectivity index (χ2v) is 1.11. The van der Waals surface area contributed by atoms with Crippen LogP contribution >= 0.6 is 0 Å². The highest BCUT2D eigenvalue weighted by atomic mass is 16.3. The van der Waals surface area contributed by atoms with Crippen LogP contribution in [0.25, 0.3) is 0 Å². The average Bonchev–Trinajstić information content (AvgIpc) is 1.68. The number of nitrogens with two attached hydrogens (primary N) is 1. The molecule has 0 aromatic carbocycles. The van der Waals surface area contributed by atoms with Crippen LogP contribution in [0.5, 0.6) is 0 Å². The van der Waals surface area contributed by atoms with Crippen molar-refractivity contribution in [1.29, 1.82) is 1.43 Å². The van der Waals surface area contributed by atoms with Crippen molar-refractivity contribution in [1.82, 2.24) is 0 Å². The monoisotopic (exact) mass is 92.1 g/mol. The molecule has 0 amide bonds. The Kier molecular flexibility index (Phi) is 2.08. The van der Waals surface area contributed by atoms with Gasteiger partial charge in [0.2, 0.25) is 1.43 Å². The van der Waals surface area contributed by atoms with E-state index in [9.17, 15) is 0 Å². The molecule has 0 fully saturated rings. The molecule has 0 spiro atoms. The Labute approximate surface area is 37.9 Å². The molecule has 0 aromatic heterocycles. The van der Waals surface area contributed by atoms with Crippen LogP contribution < -0.4 is 5.73 Å². The molecule has 0 aromatic rings. The first-order chi connectivity index (χ1) is 3.31. The lowest BCUT2D eigenvalue weighted by Crippen LogP contribution is -2.27. The highest BCUT2D eigenvalue weighted by Gasteiger charge is 1.91. The second-order valence-electron chi connectivity index (χ2n) is 1.11. The lowest BCUT2D eigenvalue weighted by Gasteiger charge is -1.98. The Morgan fingerprint density at radius 3 is 2.67 bits per heavy atom. The van der Waals surface area contributed by atoms with Crippen LogP contribution in [0.4, 0.5) is 0 Å². The van der Waals surface area contributed by atoms with Crippen LogP contribution in [0, 0.1) is 0 Å². The summed E-state index contributed by atoms with van der Waals surface area (Å²) in [5, 5.41) is 12.0. The molecule has 3 heteroatoms. The zero-order valence-corrected chi connectivity index (χ0v) is 3.42.